The van der Waals surface area contributed by atoms with Gasteiger partial charge in [0.25, 0.3) is 5.56 Å². The van der Waals surface area contributed by atoms with Crippen LogP contribution >= 0.6 is 22.9 Å². The van der Waals surface area contributed by atoms with E-state index in [2.05, 4.69) is 15.1 Å². The minimum absolute atomic E-state index is 0.0111. The lowest BCUT2D eigenvalue weighted by Gasteiger charge is -2.08. The molecule has 0 unspecified atom stereocenters. The first-order chi connectivity index (χ1) is 17.0. The molecule has 0 aliphatic heterocycles. The molecule has 0 aliphatic rings. The summed E-state index contributed by atoms with van der Waals surface area (Å²) in [6.45, 7) is 0.118. The largest absolute Gasteiger partial charge is 0.494 e. The number of pyridine rings is 1. The predicted molar refractivity (Wildman–Crippen MR) is 127 cm³/mol. The lowest BCUT2D eigenvalue weighted by atomic mass is 10.1. The quantitative estimate of drug-likeness (QED) is 0.330. The second-order valence-corrected chi connectivity index (χ2v) is 9.26. The van der Waals surface area contributed by atoms with Crippen molar-refractivity contribution in [1.29, 1.82) is 0 Å². The number of hydrogen-bond acceptors (Lipinski definition) is 6. The van der Waals surface area contributed by atoms with Gasteiger partial charge in [0, 0.05) is 10.4 Å². The van der Waals surface area contributed by atoms with Crippen molar-refractivity contribution in [3.05, 3.63) is 68.0 Å². The number of alkyl halides is 3. The number of thiophene rings is 1. The fourth-order valence-electron chi connectivity index (χ4n) is 3.98. The molecule has 0 aliphatic carbocycles. The third-order valence-electron chi connectivity index (χ3n) is 5.47. The standard InChI is InChI=1S/C22H14ClF4N5O3S/c1-9-18-14(31(30-9)8-22(25,26)27)6-28-7-15(18)32-20(33)19-13(29-21(32)34)5-17(36-19)10-3-16(35-2)12(24)4-11(10)23/h3-7H,8H2,1-2H3,(H,29,34). The number of methoxy groups -OCH3 is 1. The lowest BCUT2D eigenvalue weighted by Crippen LogP contribution is -2.33. The van der Waals surface area contributed by atoms with Crippen molar-refractivity contribution < 1.29 is 22.3 Å². The highest BCUT2D eigenvalue weighted by molar-refractivity contribution is 7.22. The van der Waals surface area contributed by atoms with Crippen LogP contribution in [0.25, 0.3) is 37.2 Å². The Hall–Kier alpha value is -3.71. The molecule has 5 rings (SSSR count). The number of rotatable bonds is 4. The smallest absolute Gasteiger partial charge is 0.408 e. The van der Waals surface area contributed by atoms with Gasteiger partial charge in [0.05, 0.1) is 52.3 Å². The molecule has 0 saturated carbocycles. The number of fused-ring (bicyclic) bond motifs is 2. The molecule has 0 spiro atoms. The van der Waals surface area contributed by atoms with Gasteiger partial charge in [-0.3, -0.25) is 14.5 Å². The van der Waals surface area contributed by atoms with Crippen LogP contribution in [0.1, 0.15) is 5.69 Å². The predicted octanol–water partition coefficient (Wildman–Crippen LogP) is 4.82. The van der Waals surface area contributed by atoms with Crippen LogP contribution in [0.3, 0.4) is 0 Å². The fraction of sp³-hybridized carbons (Fsp3) is 0.182. The summed E-state index contributed by atoms with van der Waals surface area (Å²) in [4.78, 5) is 33.4. The average Bonchev–Trinajstić information content (AvgIpc) is 3.34. The van der Waals surface area contributed by atoms with Gasteiger partial charge < -0.3 is 9.72 Å². The van der Waals surface area contributed by atoms with Crippen LogP contribution in [0.2, 0.25) is 5.02 Å². The maximum Gasteiger partial charge on any atom is 0.408 e. The maximum absolute atomic E-state index is 14.0. The Morgan fingerprint density at radius 1 is 1.19 bits per heavy atom. The first kappa shape index (κ1) is 24.0. The molecule has 0 bridgehead atoms. The number of nitrogens with zero attached hydrogens (tertiary/aromatic N) is 4. The summed E-state index contributed by atoms with van der Waals surface area (Å²) in [7, 11) is 1.30. The van der Waals surface area contributed by atoms with Gasteiger partial charge in [-0.15, -0.1) is 11.3 Å². The minimum Gasteiger partial charge on any atom is -0.494 e. The first-order valence-corrected chi connectivity index (χ1v) is 11.4. The molecule has 0 radical (unpaired) electrons. The molecule has 5 aromatic rings. The monoisotopic (exact) mass is 539 g/mol. The highest BCUT2D eigenvalue weighted by atomic mass is 35.5. The van der Waals surface area contributed by atoms with Crippen LogP contribution in [0.4, 0.5) is 17.6 Å². The summed E-state index contributed by atoms with van der Waals surface area (Å²) >= 11 is 7.21. The Kier molecular flexibility index (Phi) is 5.63. The van der Waals surface area contributed by atoms with Crippen LogP contribution in [0.15, 0.2) is 40.2 Å². The molecule has 8 nitrogen and oxygen atoms in total. The summed E-state index contributed by atoms with van der Waals surface area (Å²) in [6.07, 6.45) is -2.13. The van der Waals surface area contributed by atoms with E-state index in [-0.39, 0.29) is 43.3 Å². The zero-order chi connectivity index (χ0) is 25.9. The van der Waals surface area contributed by atoms with Crippen molar-refractivity contribution in [2.75, 3.05) is 7.11 Å². The normalized spacial score (nSPS) is 12.1. The van der Waals surface area contributed by atoms with Crippen molar-refractivity contribution in [3.8, 4) is 21.9 Å². The van der Waals surface area contributed by atoms with Gasteiger partial charge in [0.15, 0.2) is 11.6 Å². The number of hydrogen-bond donors (Lipinski definition) is 1. The van der Waals surface area contributed by atoms with Gasteiger partial charge in [-0.25, -0.2) is 13.8 Å². The average molecular weight is 540 g/mol. The van der Waals surface area contributed by atoms with Gasteiger partial charge in [-0.05, 0) is 25.1 Å². The number of ether oxygens (including phenoxy) is 1. The molecule has 1 N–H and O–H groups in total. The number of aryl methyl sites for hydroxylation is 1. The number of aromatic nitrogens is 5. The second kappa shape index (κ2) is 8.45. The minimum atomic E-state index is -4.54. The maximum atomic E-state index is 14.0. The summed E-state index contributed by atoms with van der Waals surface area (Å²) in [5.41, 5.74) is -0.741. The van der Waals surface area contributed by atoms with Gasteiger partial charge in [0.2, 0.25) is 0 Å². The molecule has 0 fully saturated rings. The molecular weight excluding hydrogens is 526 g/mol. The zero-order valence-corrected chi connectivity index (χ0v) is 20.0. The second-order valence-electron chi connectivity index (χ2n) is 7.80. The van der Waals surface area contributed by atoms with Gasteiger partial charge in [-0.1, -0.05) is 11.6 Å². The van der Waals surface area contributed by atoms with Crippen LogP contribution in [0.5, 0.6) is 5.75 Å². The molecule has 4 heterocycles. The SMILES string of the molecule is COc1cc(-c2cc3[nH]c(=O)n(-c4cncc5c4c(C)nn5CC(F)(F)F)c(=O)c3s2)c(Cl)cc1F. The Labute approximate surface area is 207 Å². The number of H-pyrrole nitrogens is 1. The van der Waals surface area contributed by atoms with Crippen molar-refractivity contribution in [2.45, 2.75) is 19.6 Å². The number of nitrogens with one attached hydrogen (secondary N) is 1. The number of benzene rings is 1. The molecule has 14 heteroatoms. The molecule has 0 amide bonds. The fourth-order valence-corrected chi connectivity index (χ4v) is 5.37. The van der Waals surface area contributed by atoms with E-state index >= 15 is 0 Å². The molecule has 36 heavy (non-hydrogen) atoms. The van der Waals surface area contributed by atoms with Crippen LogP contribution < -0.4 is 16.0 Å². The van der Waals surface area contributed by atoms with E-state index in [1.165, 1.54) is 38.6 Å². The van der Waals surface area contributed by atoms with E-state index < -0.39 is 29.8 Å². The molecule has 1 aromatic carbocycles. The molecule has 0 saturated heterocycles. The van der Waals surface area contributed by atoms with Crippen LogP contribution in [0, 0.1) is 12.7 Å². The number of halogens is 5. The highest BCUT2D eigenvalue weighted by Gasteiger charge is 2.30. The van der Waals surface area contributed by atoms with Crippen molar-refractivity contribution >= 4 is 44.1 Å². The Morgan fingerprint density at radius 3 is 2.64 bits per heavy atom. The van der Waals surface area contributed by atoms with Crippen LogP contribution in [-0.2, 0) is 6.54 Å². The van der Waals surface area contributed by atoms with E-state index in [4.69, 9.17) is 16.3 Å². The van der Waals surface area contributed by atoms with Crippen molar-refractivity contribution in [2.24, 2.45) is 0 Å². The summed E-state index contributed by atoms with van der Waals surface area (Å²) in [6, 6.07) is 3.98. The third kappa shape index (κ3) is 3.93. The summed E-state index contributed by atoms with van der Waals surface area (Å²) in [5, 5.41) is 4.19. The van der Waals surface area contributed by atoms with E-state index in [9.17, 15) is 27.2 Å². The van der Waals surface area contributed by atoms with Crippen molar-refractivity contribution in [1.82, 2.24) is 24.3 Å². The van der Waals surface area contributed by atoms with Crippen molar-refractivity contribution in [3.63, 3.8) is 0 Å². The van der Waals surface area contributed by atoms with E-state index in [1.54, 1.807) is 0 Å². The summed E-state index contributed by atoms with van der Waals surface area (Å²) < 4.78 is 59.7. The molecule has 4 aromatic heterocycles. The lowest BCUT2D eigenvalue weighted by molar-refractivity contribution is -0.141. The van der Waals surface area contributed by atoms with Gasteiger partial charge in [-0.2, -0.15) is 18.3 Å². The van der Waals surface area contributed by atoms with Gasteiger partial charge >= 0.3 is 11.9 Å². The van der Waals surface area contributed by atoms with Gasteiger partial charge in [0.1, 0.15) is 11.2 Å². The third-order valence-corrected chi connectivity index (χ3v) is 6.94. The van der Waals surface area contributed by atoms with E-state index in [0.29, 0.717) is 10.4 Å². The van der Waals surface area contributed by atoms with Crippen LogP contribution in [-0.4, -0.2) is 37.6 Å². The number of aromatic amines is 1. The Balaban J connectivity index is 1.73. The van der Waals surface area contributed by atoms with E-state index in [0.717, 1.165) is 26.7 Å². The molecular formula is C22H14ClF4N5O3S. The molecule has 186 valence electrons. The van der Waals surface area contributed by atoms with E-state index in [1.807, 2.05) is 0 Å². The highest BCUT2D eigenvalue weighted by Crippen LogP contribution is 2.38. The zero-order valence-electron chi connectivity index (χ0n) is 18.4. The molecule has 0 atom stereocenters. The Bertz CT molecular complexity index is 1790. The topological polar surface area (TPSA) is 94.8 Å². The first-order valence-electron chi connectivity index (χ1n) is 10.2. The summed E-state index contributed by atoms with van der Waals surface area (Å²) in [5.74, 6) is -0.716. The Morgan fingerprint density at radius 2 is 1.94 bits per heavy atom.